The fourth-order valence-corrected chi connectivity index (χ4v) is 4.45. The first kappa shape index (κ1) is 21.8. The molecule has 1 saturated heterocycles. The molecule has 2 heterocycles. The molecule has 32 heavy (non-hydrogen) atoms. The summed E-state index contributed by atoms with van der Waals surface area (Å²) < 4.78 is 5.21. The lowest BCUT2D eigenvalue weighted by molar-refractivity contribution is 0.415. The van der Waals surface area contributed by atoms with E-state index in [4.69, 9.17) is 21.9 Å². The number of nitrogens with one attached hydrogen (secondary N) is 1. The SMILES string of the molecule is COc1ccc(NC(=S)N2CCCN(c3nc4cc(C)cc(C)c4cc3C#N)CC2)cc1. The van der Waals surface area contributed by atoms with Crippen molar-refractivity contribution in [2.75, 3.05) is 43.5 Å². The molecule has 2 aromatic carbocycles. The van der Waals surface area contributed by atoms with Gasteiger partial charge in [0.25, 0.3) is 0 Å². The summed E-state index contributed by atoms with van der Waals surface area (Å²) in [5.41, 5.74) is 4.82. The second kappa shape index (κ2) is 9.41. The number of thiocarbonyl (C=S) groups is 1. The lowest BCUT2D eigenvalue weighted by atomic mass is 10.0. The number of methoxy groups -OCH3 is 1. The van der Waals surface area contributed by atoms with E-state index in [1.807, 2.05) is 30.3 Å². The summed E-state index contributed by atoms with van der Waals surface area (Å²) in [6.07, 6.45) is 0.932. The molecular weight excluding hydrogens is 418 g/mol. The Morgan fingerprint density at radius 1 is 1.09 bits per heavy atom. The van der Waals surface area contributed by atoms with Gasteiger partial charge in [-0.25, -0.2) is 4.98 Å². The summed E-state index contributed by atoms with van der Waals surface area (Å²) >= 11 is 5.67. The lowest BCUT2D eigenvalue weighted by Crippen LogP contribution is -2.38. The van der Waals surface area contributed by atoms with Gasteiger partial charge in [0, 0.05) is 37.3 Å². The van der Waals surface area contributed by atoms with Crippen molar-refractivity contribution in [1.29, 1.82) is 5.26 Å². The summed E-state index contributed by atoms with van der Waals surface area (Å²) in [7, 11) is 1.65. The second-order valence-corrected chi connectivity index (χ2v) is 8.49. The summed E-state index contributed by atoms with van der Waals surface area (Å²) in [6.45, 7) is 7.35. The Kier molecular flexibility index (Phi) is 6.42. The molecule has 0 bridgehead atoms. The average Bonchev–Trinajstić information content (AvgIpc) is 3.05. The van der Waals surface area contributed by atoms with Crippen LogP contribution in [0.25, 0.3) is 10.9 Å². The van der Waals surface area contributed by atoms with Gasteiger partial charge in [-0.15, -0.1) is 0 Å². The minimum atomic E-state index is 0.622. The normalized spacial score (nSPS) is 14.1. The molecule has 4 rings (SSSR count). The van der Waals surface area contributed by atoms with Gasteiger partial charge >= 0.3 is 0 Å². The first-order valence-electron chi connectivity index (χ1n) is 10.8. The van der Waals surface area contributed by atoms with Crippen molar-refractivity contribution in [2.45, 2.75) is 20.3 Å². The molecule has 0 spiro atoms. The number of nitrogens with zero attached hydrogens (tertiary/aromatic N) is 4. The quantitative estimate of drug-likeness (QED) is 0.589. The van der Waals surface area contributed by atoms with Crippen molar-refractivity contribution in [3.8, 4) is 11.8 Å². The molecule has 7 heteroatoms. The molecule has 0 radical (unpaired) electrons. The summed E-state index contributed by atoms with van der Waals surface area (Å²) in [5, 5.41) is 14.9. The number of benzene rings is 2. The molecule has 0 unspecified atom stereocenters. The van der Waals surface area contributed by atoms with E-state index in [0.717, 1.165) is 66.3 Å². The Bertz CT molecular complexity index is 1190. The Balaban J connectivity index is 1.50. The number of nitriles is 1. The highest BCUT2D eigenvalue weighted by atomic mass is 32.1. The van der Waals surface area contributed by atoms with Crippen LogP contribution in [0, 0.1) is 25.2 Å². The highest BCUT2D eigenvalue weighted by Crippen LogP contribution is 2.27. The van der Waals surface area contributed by atoms with Crippen molar-refractivity contribution in [3.05, 3.63) is 59.2 Å². The zero-order valence-corrected chi connectivity index (χ0v) is 19.5. The van der Waals surface area contributed by atoms with Gasteiger partial charge in [-0.3, -0.25) is 0 Å². The third-order valence-corrected chi connectivity index (χ3v) is 6.17. The summed E-state index contributed by atoms with van der Waals surface area (Å²) in [4.78, 5) is 9.31. The van der Waals surface area contributed by atoms with Gasteiger partial charge in [0.15, 0.2) is 5.11 Å². The molecule has 3 aromatic rings. The van der Waals surface area contributed by atoms with E-state index in [-0.39, 0.29) is 0 Å². The second-order valence-electron chi connectivity index (χ2n) is 8.11. The van der Waals surface area contributed by atoms with E-state index in [1.165, 1.54) is 5.56 Å². The standard InChI is InChI=1S/C25H27N5OS/c1-17-13-18(2)22-15-19(16-26)24(28-23(22)14-17)29-9-4-10-30(12-11-29)25(32)27-20-5-7-21(31-3)8-6-20/h5-8,13-15H,4,9-12H2,1-3H3,(H,27,32). The van der Waals surface area contributed by atoms with Gasteiger partial charge in [0.1, 0.15) is 17.6 Å². The Labute approximate surface area is 194 Å². The molecular formula is C25H27N5OS. The number of anilines is 2. The van der Waals surface area contributed by atoms with E-state index in [1.54, 1.807) is 7.11 Å². The van der Waals surface area contributed by atoms with E-state index in [0.29, 0.717) is 10.7 Å². The topological polar surface area (TPSA) is 64.4 Å². The minimum absolute atomic E-state index is 0.622. The van der Waals surface area contributed by atoms with Crippen LogP contribution in [-0.2, 0) is 0 Å². The van der Waals surface area contributed by atoms with Gasteiger partial charge < -0.3 is 19.9 Å². The Morgan fingerprint density at radius 2 is 1.88 bits per heavy atom. The van der Waals surface area contributed by atoms with Crippen LogP contribution in [0.5, 0.6) is 5.75 Å². The molecule has 1 aliphatic heterocycles. The molecule has 0 amide bonds. The van der Waals surface area contributed by atoms with Crippen LogP contribution >= 0.6 is 12.2 Å². The molecule has 0 saturated carbocycles. The van der Waals surface area contributed by atoms with Crippen molar-refractivity contribution in [3.63, 3.8) is 0 Å². The van der Waals surface area contributed by atoms with Gasteiger partial charge in [-0.2, -0.15) is 5.26 Å². The van der Waals surface area contributed by atoms with Crippen LogP contribution in [0.4, 0.5) is 11.5 Å². The summed E-state index contributed by atoms with van der Waals surface area (Å²) in [5.74, 6) is 1.58. The van der Waals surface area contributed by atoms with Gasteiger partial charge in [0.2, 0.25) is 0 Å². The number of fused-ring (bicyclic) bond motifs is 1. The predicted octanol–water partition coefficient (Wildman–Crippen LogP) is 4.64. The van der Waals surface area contributed by atoms with Crippen molar-refractivity contribution in [2.24, 2.45) is 0 Å². The molecule has 164 valence electrons. The fraction of sp³-hybridized carbons (Fsp3) is 0.320. The first-order chi connectivity index (χ1) is 15.5. The maximum absolute atomic E-state index is 9.80. The van der Waals surface area contributed by atoms with E-state index in [9.17, 15) is 5.26 Å². The minimum Gasteiger partial charge on any atom is -0.497 e. The number of rotatable bonds is 3. The van der Waals surface area contributed by atoms with Crippen LogP contribution in [-0.4, -0.2) is 48.3 Å². The molecule has 1 aliphatic rings. The third kappa shape index (κ3) is 4.61. The van der Waals surface area contributed by atoms with E-state index >= 15 is 0 Å². The fourth-order valence-electron chi connectivity index (χ4n) is 4.15. The lowest BCUT2D eigenvalue weighted by Gasteiger charge is -2.25. The molecule has 0 atom stereocenters. The monoisotopic (exact) mass is 445 g/mol. The van der Waals surface area contributed by atoms with Crippen LogP contribution in [0.1, 0.15) is 23.1 Å². The third-order valence-electron chi connectivity index (χ3n) is 5.81. The number of aromatic nitrogens is 1. The van der Waals surface area contributed by atoms with Crippen LogP contribution < -0.4 is 15.0 Å². The van der Waals surface area contributed by atoms with Crippen molar-refractivity contribution < 1.29 is 4.74 Å². The largest absolute Gasteiger partial charge is 0.497 e. The zero-order chi connectivity index (χ0) is 22.7. The maximum atomic E-state index is 9.80. The van der Waals surface area contributed by atoms with Crippen LogP contribution in [0.2, 0.25) is 0 Å². The van der Waals surface area contributed by atoms with E-state index in [2.05, 4.69) is 47.2 Å². The molecule has 1 fully saturated rings. The number of pyridine rings is 1. The average molecular weight is 446 g/mol. The smallest absolute Gasteiger partial charge is 0.173 e. The molecule has 6 nitrogen and oxygen atoms in total. The van der Waals surface area contributed by atoms with Crippen molar-refractivity contribution in [1.82, 2.24) is 9.88 Å². The number of ether oxygens (including phenoxy) is 1. The highest BCUT2D eigenvalue weighted by molar-refractivity contribution is 7.80. The number of hydrogen-bond acceptors (Lipinski definition) is 5. The molecule has 0 aliphatic carbocycles. The summed E-state index contributed by atoms with van der Waals surface area (Å²) in [6, 6.07) is 16.3. The number of aryl methyl sites for hydroxylation is 2. The molecule has 1 N–H and O–H groups in total. The number of hydrogen-bond donors (Lipinski definition) is 1. The van der Waals surface area contributed by atoms with Crippen LogP contribution in [0.15, 0.2) is 42.5 Å². The predicted molar refractivity (Wildman–Crippen MR) is 134 cm³/mol. The van der Waals surface area contributed by atoms with Gasteiger partial charge in [-0.05, 0) is 80.0 Å². The Morgan fingerprint density at radius 3 is 2.59 bits per heavy atom. The Hall–Kier alpha value is -3.37. The highest BCUT2D eigenvalue weighted by Gasteiger charge is 2.21. The van der Waals surface area contributed by atoms with Gasteiger partial charge in [-0.1, -0.05) is 6.07 Å². The molecule has 1 aromatic heterocycles. The zero-order valence-electron chi connectivity index (χ0n) is 18.7. The van der Waals surface area contributed by atoms with Gasteiger partial charge in [0.05, 0.1) is 18.2 Å². The first-order valence-corrected chi connectivity index (χ1v) is 11.2. The van der Waals surface area contributed by atoms with Crippen molar-refractivity contribution >= 4 is 39.7 Å². The van der Waals surface area contributed by atoms with Crippen LogP contribution in [0.3, 0.4) is 0 Å². The maximum Gasteiger partial charge on any atom is 0.173 e. The van der Waals surface area contributed by atoms with E-state index < -0.39 is 0 Å².